The maximum Gasteiger partial charge on any atom is 0.417 e. The summed E-state index contributed by atoms with van der Waals surface area (Å²) in [6.07, 6.45) is -3.49. The molecule has 0 radical (unpaired) electrons. The van der Waals surface area contributed by atoms with Crippen molar-refractivity contribution in [2.24, 2.45) is 5.41 Å². The minimum absolute atomic E-state index is 0.00782. The van der Waals surface area contributed by atoms with Crippen molar-refractivity contribution in [1.29, 1.82) is 0 Å². The lowest BCUT2D eigenvalue weighted by Crippen LogP contribution is -2.34. The molecular weight excluding hydrogens is 255 g/mol. The van der Waals surface area contributed by atoms with Gasteiger partial charge in [-0.3, -0.25) is 0 Å². The van der Waals surface area contributed by atoms with Crippen molar-refractivity contribution in [3.05, 3.63) is 23.9 Å². The molecule has 0 aromatic carbocycles. The Bertz CT molecular complexity index is 397. The fraction of sp³-hybridized carbons (Fsp3) is 0.615. The zero-order chi connectivity index (χ0) is 14.7. The molecule has 6 heteroatoms. The largest absolute Gasteiger partial charge is 0.417 e. The van der Waals surface area contributed by atoms with Crippen LogP contribution >= 0.6 is 0 Å². The summed E-state index contributed by atoms with van der Waals surface area (Å²) >= 11 is 0. The summed E-state index contributed by atoms with van der Waals surface area (Å²) in [7, 11) is 3.97. The van der Waals surface area contributed by atoms with E-state index in [1.807, 2.05) is 14.1 Å². The van der Waals surface area contributed by atoms with Gasteiger partial charge >= 0.3 is 6.18 Å². The van der Waals surface area contributed by atoms with Crippen LogP contribution in [-0.2, 0) is 6.18 Å². The van der Waals surface area contributed by atoms with E-state index < -0.39 is 11.7 Å². The summed E-state index contributed by atoms with van der Waals surface area (Å²) in [6, 6.07) is 2.39. The Hall–Kier alpha value is -1.30. The first-order valence-electron chi connectivity index (χ1n) is 6.02. The second kappa shape index (κ2) is 5.77. The first kappa shape index (κ1) is 15.8. The Morgan fingerprint density at radius 2 is 1.84 bits per heavy atom. The van der Waals surface area contributed by atoms with Crippen molar-refractivity contribution in [1.82, 2.24) is 9.88 Å². The Balaban J connectivity index is 2.59. The number of nitrogens with zero attached hydrogens (tertiary/aromatic N) is 2. The predicted molar refractivity (Wildman–Crippen MR) is 70.1 cm³/mol. The number of rotatable bonds is 5. The van der Waals surface area contributed by atoms with Gasteiger partial charge in [0.1, 0.15) is 5.82 Å². The second-order valence-corrected chi connectivity index (χ2v) is 5.69. The molecule has 1 N–H and O–H groups in total. The van der Waals surface area contributed by atoms with Crippen LogP contribution < -0.4 is 5.32 Å². The van der Waals surface area contributed by atoms with Gasteiger partial charge in [0.25, 0.3) is 0 Å². The third-order valence-electron chi connectivity index (χ3n) is 2.58. The van der Waals surface area contributed by atoms with E-state index in [9.17, 15) is 13.2 Å². The van der Waals surface area contributed by atoms with Crippen molar-refractivity contribution >= 4 is 5.82 Å². The van der Waals surface area contributed by atoms with Crippen molar-refractivity contribution in [2.45, 2.75) is 20.0 Å². The zero-order valence-electron chi connectivity index (χ0n) is 11.7. The van der Waals surface area contributed by atoms with Gasteiger partial charge in [-0.2, -0.15) is 13.2 Å². The maximum atomic E-state index is 12.4. The minimum Gasteiger partial charge on any atom is -0.369 e. The van der Waals surface area contributed by atoms with Crippen LogP contribution in [0.5, 0.6) is 0 Å². The number of anilines is 1. The van der Waals surface area contributed by atoms with Crippen molar-refractivity contribution in [3.8, 4) is 0 Å². The van der Waals surface area contributed by atoms with E-state index in [1.165, 1.54) is 6.07 Å². The third kappa shape index (κ3) is 5.46. The van der Waals surface area contributed by atoms with E-state index in [-0.39, 0.29) is 5.41 Å². The van der Waals surface area contributed by atoms with Crippen molar-refractivity contribution in [3.63, 3.8) is 0 Å². The van der Waals surface area contributed by atoms with Gasteiger partial charge in [-0.15, -0.1) is 0 Å². The average molecular weight is 275 g/mol. The molecule has 108 valence electrons. The van der Waals surface area contributed by atoms with E-state index in [4.69, 9.17) is 0 Å². The minimum atomic E-state index is -4.34. The van der Waals surface area contributed by atoms with Crippen LogP contribution in [-0.4, -0.2) is 37.1 Å². The number of alkyl halides is 3. The number of hydrogen-bond donors (Lipinski definition) is 1. The molecule has 1 rings (SSSR count). The van der Waals surface area contributed by atoms with Crippen LogP contribution in [0.3, 0.4) is 0 Å². The number of pyridine rings is 1. The molecular formula is C13H20F3N3. The van der Waals surface area contributed by atoms with E-state index in [0.717, 1.165) is 18.8 Å². The highest BCUT2D eigenvalue weighted by atomic mass is 19.4. The van der Waals surface area contributed by atoms with Gasteiger partial charge in [0.2, 0.25) is 0 Å². The Labute approximate surface area is 111 Å². The fourth-order valence-corrected chi connectivity index (χ4v) is 1.91. The molecule has 1 aromatic rings. The zero-order valence-corrected chi connectivity index (χ0v) is 11.7. The molecule has 0 fully saturated rings. The summed E-state index contributed by atoms with van der Waals surface area (Å²) in [5.74, 6) is 0.458. The first-order valence-corrected chi connectivity index (χ1v) is 6.02. The lowest BCUT2D eigenvalue weighted by atomic mass is 9.93. The van der Waals surface area contributed by atoms with Gasteiger partial charge in [0.15, 0.2) is 0 Å². The smallest absolute Gasteiger partial charge is 0.369 e. The highest BCUT2D eigenvalue weighted by molar-refractivity contribution is 5.36. The summed E-state index contributed by atoms with van der Waals surface area (Å²) in [6.45, 7) is 5.69. The molecule has 0 saturated heterocycles. The number of aromatic nitrogens is 1. The molecule has 0 aliphatic carbocycles. The molecule has 0 amide bonds. The SMILES string of the molecule is CN(C)CC(C)(C)CNc1ccc(C(F)(F)F)cn1. The van der Waals surface area contributed by atoms with E-state index >= 15 is 0 Å². The van der Waals surface area contributed by atoms with Crippen molar-refractivity contribution < 1.29 is 13.2 Å². The topological polar surface area (TPSA) is 28.2 Å². The second-order valence-electron chi connectivity index (χ2n) is 5.69. The van der Waals surface area contributed by atoms with Gasteiger partial charge in [0.05, 0.1) is 5.56 Å². The number of nitrogens with one attached hydrogen (secondary N) is 1. The monoisotopic (exact) mass is 275 g/mol. The van der Waals surface area contributed by atoms with Gasteiger partial charge in [-0.05, 0) is 31.6 Å². The average Bonchev–Trinajstić information content (AvgIpc) is 2.24. The van der Waals surface area contributed by atoms with Gasteiger partial charge in [0, 0.05) is 19.3 Å². The van der Waals surface area contributed by atoms with Crippen molar-refractivity contribution in [2.75, 3.05) is 32.5 Å². The predicted octanol–water partition coefficient (Wildman–Crippen LogP) is 3.10. The molecule has 0 bridgehead atoms. The highest BCUT2D eigenvalue weighted by Gasteiger charge is 2.30. The standard InChI is InChI=1S/C13H20F3N3/c1-12(2,9-19(3)4)8-18-11-6-5-10(7-17-11)13(14,15)16/h5-7H,8-9H2,1-4H3,(H,17,18). The first-order chi connectivity index (χ1) is 8.60. The van der Waals surface area contributed by atoms with E-state index in [2.05, 4.69) is 29.0 Å². The van der Waals surface area contributed by atoms with Crippen LogP contribution in [0.15, 0.2) is 18.3 Å². The van der Waals surface area contributed by atoms with Gasteiger partial charge < -0.3 is 10.2 Å². The molecule has 19 heavy (non-hydrogen) atoms. The molecule has 3 nitrogen and oxygen atoms in total. The van der Waals surface area contributed by atoms with Crippen LogP contribution in [0.4, 0.5) is 19.0 Å². The summed E-state index contributed by atoms with van der Waals surface area (Å²) < 4.78 is 37.1. The highest BCUT2D eigenvalue weighted by Crippen LogP contribution is 2.29. The Morgan fingerprint density at radius 1 is 1.21 bits per heavy atom. The van der Waals surface area contributed by atoms with Gasteiger partial charge in [-0.1, -0.05) is 13.8 Å². The normalized spacial score (nSPS) is 12.8. The summed E-state index contributed by atoms with van der Waals surface area (Å²) in [5.41, 5.74) is -0.723. The van der Waals surface area contributed by atoms with Gasteiger partial charge in [-0.25, -0.2) is 4.98 Å². The quantitative estimate of drug-likeness (QED) is 0.895. The molecule has 0 spiro atoms. The fourth-order valence-electron chi connectivity index (χ4n) is 1.91. The molecule has 0 atom stereocenters. The Kier molecular flexibility index (Phi) is 4.79. The lowest BCUT2D eigenvalue weighted by molar-refractivity contribution is -0.137. The Morgan fingerprint density at radius 3 is 2.26 bits per heavy atom. The molecule has 0 saturated carbocycles. The maximum absolute atomic E-state index is 12.4. The van der Waals surface area contributed by atoms with E-state index in [0.29, 0.717) is 12.4 Å². The van der Waals surface area contributed by atoms with Crippen LogP contribution in [0.1, 0.15) is 19.4 Å². The number of hydrogen-bond acceptors (Lipinski definition) is 3. The van der Waals surface area contributed by atoms with Crippen LogP contribution in [0.25, 0.3) is 0 Å². The lowest BCUT2D eigenvalue weighted by Gasteiger charge is -2.28. The number of halogens is 3. The third-order valence-corrected chi connectivity index (χ3v) is 2.58. The summed E-state index contributed by atoms with van der Waals surface area (Å²) in [4.78, 5) is 5.85. The van der Waals surface area contributed by atoms with E-state index in [1.54, 1.807) is 0 Å². The van der Waals surface area contributed by atoms with Crippen LogP contribution in [0.2, 0.25) is 0 Å². The molecule has 0 unspecified atom stereocenters. The molecule has 0 aliphatic heterocycles. The molecule has 0 aliphatic rings. The molecule has 1 heterocycles. The van der Waals surface area contributed by atoms with Crippen LogP contribution in [0, 0.1) is 5.41 Å². The summed E-state index contributed by atoms with van der Waals surface area (Å²) in [5, 5.41) is 3.06. The molecule has 1 aromatic heterocycles.